The summed E-state index contributed by atoms with van der Waals surface area (Å²) < 4.78 is 1.86. The van der Waals surface area contributed by atoms with Gasteiger partial charge in [-0.3, -0.25) is 0 Å². The Morgan fingerprint density at radius 3 is 2.71 bits per heavy atom. The number of nitrogens with two attached hydrogens (primary N) is 2. The number of benzene rings is 1. The van der Waals surface area contributed by atoms with Gasteiger partial charge in [0.1, 0.15) is 0 Å². The summed E-state index contributed by atoms with van der Waals surface area (Å²) in [5, 5.41) is 0. The predicted molar refractivity (Wildman–Crippen MR) is 71.0 cm³/mol. The third-order valence-corrected chi connectivity index (χ3v) is 2.16. The van der Waals surface area contributed by atoms with Gasteiger partial charge in [-0.05, 0) is 24.6 Å². The molecule has 2 rings (SSSR count). The molecular weight excluding hydrogens is 238 g/mol. The Balaban J connectivity index is 0.00000144. The van der Waals surface area contributed by atoms with E-state index in [1.165, 1.54) is 0 Å². The first-order chi connectivity index (χ1) is 7.66. The summed E-state index contributed by atoms with van der Waals surface area (Å²) in [6.07, 6.45) is 5.26. The van der Waals surface area contributed by atoms with Crippen LogP contribution in [0.15, 0.2) is 41.9 Å². The number of hydrogen-bond donors (Lipinski definition) is 2. The summed E-state index contributed by atoms with van der Waals surface area (Å²) in [5.41, 5.74) is 13.5. The van der Waals surface area contributed by atoms with Crippen molar-refractivity contribution in [2.75, 3.05) is 0 Å². The van der Waals surface area contributed by atoms with E-state index in [9.17, 15) is 0 Å². The Bertz CT molecular complexity index is 515. The average Bonchev–Trinajstić information content (AvgIpc) is 2.69. The van der Waals surface area contributed by atoms with E-state index in [4.69, 9.17) is 11.5 Å². The van der Waals surface area contributed by atoms with Crippen LogP contribution in [-0.2, 0) is 0 Å². The van der Waals surface area contributed by atoms with E-state index in [0.29, 0.717) is 0 Å². The van der Waals surface area contributed by atoms with Crippen molar-refractivity contribution in [3.8, 4) is 5.69 Å². The lowest BCUT2D eigenvalue weighted by Gasteiger charge is -2.07. The summed E-state index contributed by atoms with van der Waals surface area (Å²) in [6.45, 7) is 1.99. The molecule has 0 atom stereocenters. The fourth-order valence-electron chi connectivity index (χ4n) is 1.48. The predicted octanol–water partition coefficient (Wildman–Crippen LogP) is 1.51. The van der Waals surface area contributed by atoms with Crippen molar-refractivity contribution >= 4 is 24.1 Å². The summed E-state index contributed by atoms with van der Waals surface area (Å²) in [7, 11) is 0. The van der Waals surface area contributed by atoms with Crippen molar-refractivity contribution in [3.05, 3.63) is 42.5 Å². The fourth-order valence-corrected chi connectivity index (χ4v) is 1.48. The molecule has 0 aliphatic carbocycles. The van der Waals surface area contributed by atoms with E-state index in [1.807, 2.05) is 35.9 Å². The number of hydrogen-bond acceptors (Lipinski definition) is 2. The Morgan fingerprint density at radius 1 is 1.35 bits per heavy atom. The zero-order valence-electron chi connectivity index (χ0n) is 9.37. The van der Waals surface area contributed by atoms with Crippen LogP contribution in [0.3, 0.4) is 0 Å². The molecule has 1 aromatic heterocycles. The number of aryl methyl sites for hydroxylation is 1. The second kappa shape index (κ2) is 5.36. The van der Waals surface area contributed by atoms with Crippen LogP contribution in [0, 0.1) is 6.92 Å². The van der Waals surface area contributed by atoms with Gasteiger partial charge in [0, 0.05) is 12.4 Å². The third-order valence-electron chi connectivity index (χ3n) is 2.16. The molecule has 0 spiro atoms. The van der Waals surface area contributed by atoms with Crippen molar-refractivity contribution in [1.82, 2.24) is 9.55 Å². The molecule has 1 heterocycles. The summed E-state index contributed by atoms with van der Waals surface area (Å²) in [6, 6.07) is 5.88. The smallest absolute Gasteiger partial charge is 0.191 e. The molecule has 2 aromatic rings. The van der Waals surface area contributed by atoms with E-state index < -0.39 is 0 Å². The van der Waals surface area contributed by atoms with Crippen LogP contribution in [0.25, 0.3) is 5.69 Å². The summed E-state index contributed by atoms with van der Waals surface area (Å²) in [5.74, 6) is 0.0481. The van der Waals surface area contributed by atoms with E-state index >= 15 is 0 Å². The molecule has 0 fully saturated rings. The van der Waals surface area contributed by atoms with Gasteiger partial charge < -0.3 is 16.0 Å². The van der Waals surface area contributed by atoms with Crippen LogP contribution in [-0.4, -0.2) is 15.5 Å². The molecule has 17 heavy (non-hydrogen) atoms. The Kier molecular flexibility index (Phi) is 4.12. The van der Waals surface area contributed by atoms with Crippen LogP contribution < -0.4 is 11.5 Å². The Morgan fingerprint density at radius 2 is 2.12 bits per heavy atom. The van der Waals surface area contributed by atoms with Crippen LogP contribution in [0.1, 0.15) is 5.56 Å². The molecule has 0 saturated heterocycles. The Labute approximate surface area is 106 Å². The lowest BCUT2D eigenvalue weighted by atomic mass is 10.2. The van der Waals surface area contributed by atoms with Crippen molar-refractivity contribution in [2.24, 2.45) is 16.5 Å². The number of halogens is 1. The maximum absolute atomic E-state index is 5.40. The van der Waals surface area contributed by atoms with Gasteiger partial charge in [0.05, 0.1) is 17.7 Å². The minimum absolute atomic E-state index is 0. The van der Waals surface area contributed by atoms with Gasteiger partial charge in [-0.25, -0.2) is 9.98 Å². The molecule has 0 bridgehead atoms. The molecule has 0 unspecified atom stereocenters. The van der Waals surface area contributed by atoms with Gasteiger partial charge in [-0.2, -0.15) is 0 Å². The van der Waals surface area contributed by atoms with Gasteiger partial charge in [0.25, 0.3) is 0 Å². The zero-order chi connectivity index (χ0) is 11.5. The molecular formula is C11H14ClN5. The van der Waals surface area contributed by atoms with Crippen LogP contribution in [0.2, 0.25) is 0 Å². The maximum atomic E-state index is 5.40. The van der Waals surface area contributed by atoms with Crippen LogP contribution >= 0.6 is 12.4 Å². The molecule has 0 aliphatic heterocycles. The van der Waals surface area contributed by atoms with Crippen LogP contribution in [0.4, 0.5) is 5.69 Å². The standard InChI is InChI=1S/C11H13N5.ClH/c1-8-2-3-10(16-5-4-14-7-16)9(6-8)15-11(12)13;/h2-7H,1H3,(H4,12,13,15);1H. The van der Waals surface area contributed by atoms with E-state index in [0.717, 1.165) is 16.9 Å². The van der Waals surface area contributed by atoms with Gasteiger partial charge in [0.15, 0.2) is 5.96 Å². The molecule has 0 saturated carbocycles. The molecule has 4 N–H and O–H groups in total. The van der Waals surface area contributed by atoms with Crippen molar-refractivity contribution < 1.29 is 0 Å². The highest BCUT2D eigenvalue weighted by atomic mass is 35.5. The van der Waals surface area contributed by atoms with Crippen LogP contribution in [0.5, 0.6) is 0 Å². The monoisotopic (exact) mass is 251 g/mol. The minimum atomic E-state index is 0. The highest BCUT2D eigenvalue weighted by Gasteiger charge is 2.03. The summed E-state index contributed by atoms with van der Waals surface area (Å²) in [4.78, 5) is 8.09. The van der Waals surface area contributed by atoms with Crippen molar-refractivity contribution in [1.29, 1.82) is 0 Å². The molecule has 0 radical (unpaired) electrons. The largest absolute Gasteiger partial charge is 0.370 e. The van der Waals surface area contributed by atoms with Crippen molar-refractivity contribution in [3.63, 3.8) is 0 Å². The number of nitrogens with zero attached hydrogens (tertiary/aromatic N) is 3. The lowest BCUT2D eigenvalue weighted by molar-refractivity contribution is 1.05. The van der Waals surface area contributed by atoms with E-state index in [1.54, 1.807) is 12.5 Å². The minimum Gasteiger partial charge on any atom is -0.370 e. The Hall–Kier alpha value is -2.01. The van der Waals surface area contributed by atoms with Gasteiger partial charge in [0.2, 0.25) is 0 Å². The second-order valence-corrected chi connectivity index (χ2v) is 3.50. The van der Waals surface area contributed by atoms with E-state index in [-0.39, 0.29) is 18.4 Å². The normalized spacial score (nSPS) is 9.47. The van der Waals surface area contributed by atoms with Gasteiger partial charge in [-0.15, -0.1) is 12.4 Å². The fraction of sp³-hybridized carbons (Fsp3) is 0.0909. The molecule has 1 aromatic carbocycles. The molecule has 90 valence electrons. The number of imidazole rings is 1. The molecule has 6 heteroatoms. The highest BCUT2D eigenvalue weighted by molar-refractivity contribution is 5.85. The SMILES string of the molecule is Cc1ccc(-n2ccnc2)c(N=C(N)N)c1.Cl. The van der Waals surface area contributed by atoms with Gasteiger partial charge >= 0.3 is 0 Å². The lowest BCUT2D eigenvalue weighted by Crippen LogP contribution is -2.22. The highest BCUT2D eigenvalue weighted by Crippen LogP contribution is 2.24. The first kappa shape index (κ1) is 13.1. The molecule has 0 amide bonds. The molecule has 5 nitrogen and oxygen atoms in total. The second-order valence-electron chi connectivity index (χ2n) is 3.50. The maximum Gasteiger partial charge on any atom is 0.191 e. The zero-order valence-corrected chi connectivity index (χ0v) is 10.2. The van der Waals surface area contributed by atoms with E-state index in [2.05, 4.69) is 9.98 Å². The number of aromatic nitrogens is 2. The van der Waals surface area contributed by atoms with Crippen molar-refractivity contribution in [2.45, 2.75) is 6.92 Å². The number of guanidine groups is 1. The summed E-state index contributed by atoms with van der Waals surface area (Å²) >= 11 is 0. The number of rotatable bonds is 2. The van der Waals surface area contributed by atoms with Gasteiger partial charge in [-0.1, -0.05) is 6.07 Å². The average molecular weight is 252 g/mol. The topological polar surface area (TPSA) is 82.2 Å². The number of aliphatic imine (C=N–C) groups is 1. The quantitative estimate of drug-likeness (QED) is 0.627. The molecule has 0 aliphatic rings. The first-order valence-electron chi connectivity index (χ1n) is 4.85. The first-order valence-corrected chi connectivity index (χ1v) is 4.85. The third kappa shape index (κ3) is 2.98.